The summed E-state index contributed by atoms with van der Waals surface area (Å²) in [6, 6.07) is 8.34. The lowest BCUT2D eigenvalue weighted by Gasteiger charge is -2.37. The van der Waals surface area contributed by atoms with Gasteiger partial charge >= 0.3 is 0 Å². The number of aryl methyl sites for hydroxylation is 2. The Morgan fingerprint density at radius 3 is 2.96 bits per heavy atom. The Kier molecular flexibility index (Phi) is 4.68. The zero-order valence-electron chi connectivity index (χ0n) is 15.4. The summed E-state index contributed by atoms with van der Waals surface area (Å²) >= 11 is 0. The van der Waals surface area contributed by atoms with E-state index in [-0.39, 0.29) is 12.5 Å². The van der Waals surface area contributed by atoms with E-state index in [1.54, 1.807) is 0 Å². The van der Waals surface area contributed by atoms with Crippen LogP contribution >= 0.6 is 0 Å². The minimum Gasteiger partial charge on any atom is -0.488 e. The number of hydrogen-bond donors (Lipinski definition) is 0. The van der Waals surface area contributed by atoms with Crippen molar-refractivity contribution < 1.29 is 14.1 Å². The quantitative estimate of drug-likeness (QED) is 0.844. The first-order valence-corrected chi connectivity index (χ1v) is 9.30. The molecule has 26 heavy (non-hydrogen) atoms. The van der Waals surface area contributed by atoms with Gasteiger partial charge in [0.15, 0.2) is 5.69 Å². The van der Waals surface area contributed by atoms with E-state index in [1.807, 2.05) is 43.0 Å². The molecule has 3 heterocycles. The van der Waals surface area contributed by atoms with Gasteiger partial charge in [-0.05, 0) is 44.9 Å². The first-order chi connectivity index (χ1) is 12.6. The molecule has 0 saturated carbocycles. The Balaban J connectivity index is 1.49. The summed E-state index contributed by atoms with van der Waals surface area (Å²) < 4.78 is 11.3. The largest absolute Gasteiger partial charge is 0.488 e. The van der Waals surface area contributed by atoms with Crippen LogP contribution in [-0.2, 0) is 6.61 Å². The van der Waals surface area contributed by atoms with Gasteiger partial charge < -0.3 is 14.2 Å². The average Bonchev–Trinajstić information content (AvgIpc) is 3.26. The number of para-hydroxylation sites is 1. The van der Waals surface area contributed by atoms with E-state index in [0.717, 1.165) is 43.1 Å². The number of benzene rings is 1. The SMILES string of the molecule is Cc1ccccc1OCc1c(C(=O)N2CCN3CCCC3C2)noc1C. The number of hydrogen-bond acceptors (Lipinski definition) is 5. The predicted molar refractivity (Wildman–Crippen MR) is 97.2 cm³/mol. The highest BCUT2D eigenvalue weighted by Gasteiger charge is 2.34. The van der Waals surface area contributed by atoms with Crippen molar-refractivity contribution in [1.29, 1.82) is 0 Å². The Bertz CT molecular complexity index is 801. The van der Waals surface area contributed by atoms with Gasteiger partial charge in [0.1, 0.15) is 18.1 Å². The second-order valence-corrected chi connectivity index (χ2v) is 7.20. The van der Waals surface area contributed by atoms with Crippen LogP contribution in [0.2, 0.25) is 0 Å². The fraction of sp³-hybridized carbons (Fsp3) is 0.500. The van der Waals surface area contributed by atoms with E-state index in [9.17, 15) is 4.79 Å². The molecule has 0 spiro atoms. The number of carbonyl (C=O) groups excluding carboxylic acids is 1. The lowest BCUT2D eigenvalue weighted by molar-refractivity contribution is 0.0559. The third-order valence-corrected chi connectivity index (χ3v) is 5.53. The number of aromatic nitrogens is 1. The fourth-order valence-electron chi connectivity index (χ4n) is 3.92. The van der Waals surface area contributed by atoms with Crippen molar-refractivity contribution in [2.45, 2.75) is 39.3 Å². The molecule has 1 aromatic heterocycles. The summed E-state index contributed by atoms with van der Waals surface area (Å²) in [5.41, 5.74) is 2.20. The topological polar surface area (TPSA) is 58.8 Å². The Labute approximate surface area is 153 Å². The fourth-order valence-corrected chi connectivity index (χ4v) is 3.92. The molecule has 6 heteroatoms. The highest BCUT2D eigenvalue weighted by molar-refractivity contribution is 5.94. The van der Waals surface area contributed by atoms with E-state index < -0.39 is 0 Å². The monoisotopic (exact) mass is 355 g/mol. The van der Waals surface area contributed by atoms with Gasteiger partial charge in [-0.2, -0.15) is 0 Å². The third-order valence-electron chi connectivity index (χ3n) is 5.53. The predicted octanol–water partition coefficient (Wildman–Crippen LogP) is 2.79. The summed E-state index contributed by atoms with van der Waals surface area (Å²) in [5, 5.41) is 4.05. The van der Waals surface area contributed by atoms with Gasteiger partial charge in [0.25, 0.3) is 5.91 Å². The number of nitrogens with zero attached hydrogens (tertiary/aromatic N) is 3. The van der Waals surface area contributed by atoms with E-state index in [4.69, 9.17) is 9.26 Å². The zero-order valence-corrected chi connectivity index (χ0v) is 15.4. The molecule has 0 radical (unpaired) electrons. The van der Waals surface area contributed by atoms with Gasteiger partial charge in [0.05, 0.1) is 5.56 Å². The van der Waals surface area contributed by atoms with Crippen molar-refractivity contribution in [3.8, 4) is 5.75 Å². The molecular formula is C20H25N3O3. The van der Waals surface area contributed by atoms with Crippen LogP contribution in [0.1, 0.15) is 40.2 Å². The van der Waals surface area contributed by atoms with E-state index in [0.29, 0.717) is 17.5 Å². The van der Waals surface area contributed by atoms with E-state index in [2.05, 4.69) is 10.1 Å². The van der Waals surface area contributed by atoms with Crippen molar-refractivity contribution >= 4 is 5.91 Å². The van der Waals surface area contributed by atoms with Crippen LogP contribution in [0.25, 0.3) is 0 Å². The van der Waals surface area contributed by atoms with Gasteiger partial charge in [-0.25, -0.2) is 0 Å². The molecule has 2 aromatic rings. The molecule has 2 fully saturated rings. The number of piperazine rings is 1. The molecule has 0 aliphatic carbocycles. The lowest BCUT2D eigenvalue weighted by atomic mass is 10.1. The van der Waals surface area contributed by atoms with Gasteiger partial charge in [-0.3, -0.25) is 9.69 Å². The molecule has 138 valence electrons. The van der Waals surface area contributed by atoms with Gasteiger partial charge in [-0.1, -0.05) is 23.4 Å². The molecule has 0 N–H and O–H groups in total. The Morgan fingerprint density at radius 2 is 2.12 bits per heavy atom. The summed E-state index contributed by atoms with van der Waals surface area (Å²) in [7, 11) is 0. The highest BCUT2D eigenvalue weighted by Crippen LogP contribution is 2.25. The van der Waals surface area contributed by atoms with E-state index in [1.165, 1.54) is 12.8 Å². The first-order valence-electron chi connectivity index (χ1n) is 9.30. The zero-order chi connectivity index (χ0) is 18.1. The number of fused-ring (bicyclic) bond motifs is 1. The maximum atomic E-state index is 13.0. The number of amides is 1. The molecule has 2 aliphatic rings. The molecule has 6 nitrogen and oxygen atoms in total. The van der Waals surface area contributed by atoms with Crippen molar-refractivity contribution in [2.24, 2.45) is 0 Å². The van der Waals surface area contributed by atoms with Crippen molar-refractivity contribution in [1.82, 2.24) is 15.0 Å². The third kappa shape index (κ3) is 3.21. The van der Waals surface area contributed by atoms with Crippen LogP contribution in [-0.4, -0.2) is 53.1 Å². The van der Waals surface area contributed by atoms with Crippen LogP contribution in [0, 0.1) is 13.8 Å². The lowest BCUT2D eigenvalue weighted by Crippen LogP contribution is -2.52. The van der Waals surface area contributed by atoms with Crippen LogP contribution in [0.15, 0.2) is 28.8 Å². The standard InChI is InChI=1S/C20H25N3O3/c1-14-6-3-4-8-18(14)25-13-17-15(2)26-21-19(17)20(24)23-11-10-22-9-5-7-16(22)12-23/h3-4,6,8,16H,5,7,9-13H2,1-2H3. The normalized spacial score (nSPS) is 20.2. The molecule has 2 saturated heterocycles. The molecule has 1 amide bonds. The smallest absolute Gasteiger partial charge is 0.276 e. The van der Waals surface area contributed by atoms with Crippen molar-refractivity contribution in [2.75, 3.05) is 26.2 Å². The van der Waals surface area contributed by atoms with Crippen molar-refractivity contribution in [3.63, 3.8) is 0 Å². The van der Waals surface area contributed by atoms with E-state index >= 15 is 0 Å². The molecule has 2 aliphatic heterocycles. The van der Waals surface area contributed by atoms with Crippen LogP contribution in [0.3, 0.4) is 0 Å². The maximum absolute atomic E-state index is 13.0. The summed E-state index contributed by atoms with van der Waals surface area (Å²) in [6.45, 7) is 7.75. The molecule has 4 rings (SSSR count). The van der Waals surface area contributed by atoms with Gasteiger partial charge in [0.2, 0.25) is 0 Å². The first kappa shape index (κ1) is 17.1. The number of carbonyl (C=O) groups is 1. The highest BCUT2D eigenvalue weighted by atomic mass is 16.5. The second kappa shape index (κ2) is 7.11. The summed E-state index contributed by atoms with van der Waals surface area (Å²) in [6.07, 6.45) is 2.40. The summed E-state index contributed by atoms with van der Waals surface area (Å²) in [5.74, 6) is 1.41. The minimum absolute atomic E-state index is 0.0446. The maximum Gasteiger partial charge on any atom is 0.276 e. The van der Waals surface area contributed by atoms with Gasteiger partial charge in [0, 0.05) is 25.7 Å². The molecular weight excluding hydrogens is 330 g/mol. The second-order valence-electron chi connectivity index (χ2n) is 7.20. The molecule has 1 aromatic carbocycles. The Hall–Kier alpha value is -2.34. The molecule has 0 bridgehead atoms. The van der Waals surface area contributed by atoms with Crippen molar-refractivity contribution in [3.05, 3.63) is 46.8 Å². The number of rotatable bonds is 4. The van der Waals surface area contributed by atoms with Crippen LogP contribution in [0.4, 0.5) is 0 Å². The van der Waals surface area contributed by atoms with Crippen LogP contribution in [0.5, 0.6) is 5.75 Å². The molecule has 1 unspecified atom stereocenters. The average molecular weight is 355 g/mol. The number of ether oxygens (including phenoxy) is 1. The van der Waals surface area contributed by atoms with Crippen LogP contribution < -0.4 is 4.74 Å². The molecule has 1 atom stereocenters. The summed E-state index contributed by atoms with van der Waals surface area (Å²) in [4.78, 5) is 17.4. The van der Waals surface area contributed by atoms with Gasteiger partial charge in [-0.15, -0.1) is 0 Å². The minimum atomic E-state index is -0.0446. The Morgan fingerprint density at radius 1 is 1.27 bits per heavy atom.